The molecule has 1 unspecified atom stereocenters. The summed E-state index contributed by atoms with van der Waals surface area (Å²) in [6.45, 7) is 1.10. The molecule has 17 heavy (non-hydrogen) atoms. The lowest BCUT2D eigenvalue weighted by Gasteiger charge is -2.31. The fourth-order valence-electron chi connectivity index (χ4n) is 2.80. The van der Waals surface area contributed by atoms with Crippen LogP contribution in [-0.4, -0.2) is 30.4 Å². The number of rotatable bonds is 3. The van der Waals surface area contributed by atoms with Crippen molar-refractivity contribution in [3.63, 3.8) is 0 Å². The van der Waals surface area contributed by atoms with Crippen LogP contribution >= 0.6 is 0 Å². The second kappa shape index (κ2) is 5.04. The highest BCUT2D eigenvalue weighted by molar-refractivity contribution is 5.87. The van der Waals surface area contributed by atoms with E-state index >= 15 is 0 Å². The van der Waals surface area contributed by atoms with E-state index in [0.29, 0.717) is 19.5 Å². The number of nitrogens with one attached hydrogen (secondary N) is 2. The summed E-state index contributed by atoms with van der Waals surface area (Å²) in [6.07, 6.45) is 5.23. The van der Waals surface area contributed by atoms with Crippen molar-refractivity contribution < 1.29 is 9.59 Å². The van der Waals surface area contributed by atoms with Crippen LogP contribution in [0.2, 0.25) is 0 Å². The van der Waals surface area contributed by atoms with Gasteiger partial charge in [-0.3, -0.25) is 9.59 Å². The Morgan fingerprint density at radius 2 is 2.18 bits per heavy atom. The summed E-state index contributed by atoms with van der Waals surface area (Å²) in [5, 5.41) is 5.83. The van der Waals surface area contributed by atoms with Gasteiger partial charge in [-0.05, 0) is 19.3 Å². The Balaban J connectivity index is 1.93. The molecule has 1 saturated carbocycles. The Morgan fingerprint density at radius 1 is 1.47 bits per heavy atom. The molecule has 0 radical (unpaired) electrons. The molecule has 5 nitrogen and oxygen atoms in total. The molecule has 2 fully saturated rings. The van der Waals surface area contributed by atoms with Crippen molar-refractivity contribution in [3.05, 3.63) is 0 Å². The van der Waals surface area contributed by atoms with E-state index in [1.54, 1.807) is 0 Å². The summed E-state index contributed by atoms with van der Waals surface area (Å²) in [6, 6.07) is 0. The molecule has 1 aliphatic heterocycles. The van der Waals surface area contributed by atoms with Gasteiger partial charge in [0.05, 0.1) is 5.54 Å². The third-order valence-electron chi connectivity index (χ3n) is 3.96. The van der Waals surface area contributed by atoms with Crippen LogP contribution in [0, 0.1) is 5.92 Å². The zero-order valence-corrected chi connectivity index (χ0v) is 10.1. The van der Waals surface area contributed by atoms with Crippen molar-refractivity contribution in [1.82, 2.24) is 10.6 Å². The first kappa shape index (κ1) is 12.4. The first-order valence-corrected chi connectivity index (χ1v) is 6.44. The van der Waals surface area contributed by atoms with Gasteiger partial charge >= 0.3 is 0 Å². The lowest BCUT2D eigenvalue weighted by molar-refractivity contribution is -0.133. The molecule has 2 amide bonds. The molecular weight excluding hydrogens is 218 g/mol. The summed E-state index contributed by atoms with van der Waals surface area (Å²) in [7, 11) is 0. The number of carbonyl (C=O) groups excluding carboxylic acids is 2. The van der Waals surface area contributed by atoms with Gasteiger partial charge in [0.2, 0.25) is 11.8 Å². The third-order valence-corrected chi connectivity index (χ3v) is 3.96. The monoisotopic (exact) mass is 239 g/mol. The molecule has 2 rings (SSSR count). The summed E-state index contributed by atoms with van der Waals surface area (Å²) in [5.41, 5.74) is 5.58. The SMILES string of the molecule is NCC1(NC(=O)C2CCNC(=O)C2)CCCC1. The van der Waals surface area contributed by atoms with Crippen molar-refractivity contribution >= 4 is 11.8 Å². The van der Waals surface area contributed by atoms with Gasteiger partial charge in [0, 0.05) is 25.4 Å². The van der Waals surface area contributed by atoms with Gasteiger partial charge in [0.25, 0.3) is 0 Å². The highest BCUT2D eigenvalue weighted by atomic mass is 16.2. The smallest absolute Gasteiger partial charge is 0.224 e. The average molecular weight is 239 g/mol. The molecule has 1 aliphatic carbocycles. The fraction of sp³-hybridized carbons (Fsp3) is 0.833. The average Bonchev–Trinajstić information content (AvgIpc) is 2.78. The van der Waals surface area contributed by atoms with Crippen LogP contribution in [0.15, 0.2) is 0 Å². The van der Waals surface area contributed by atoms with Gasteiger partial charge in [0.1, 0.15) is 0 Å². The lowest BCUT2D eigenvalue weighted by atomic mass is 9.92. The predicted molar refractivity (Wildman–Crippen MR) is 64.1 cm³/mol. The van der Waals surface area contributed by atoms with Crippen LogP contribution in [0.1, 0.15) is 38.5 Å². The van der Waals surface area contributed by atoms with Crippen molar-refractivity contribution in [3.8, 4) is 0 Å². The Morgan fingerprint density at radius 3 is 2.76 bits per heavy atom. The van der Waals surface area contributed by atoms with Crippen molar-refractivity contribution in [2.75, 3.05) is 13.1 Å². The summed E-state index contributed by atoms with van der Waals surface area (Å²) >= 11 is 0. The third kappa shape index (κ3) is 2.77. The first-order chi connectivity index (χ1) is 8.15. The summed E-state index contributed by atoms with van der Waals surface area (Å²) in [5.74, 6) is -0.190. The number of hydrogen-bond acceptors (Lipinski definition) is 3. The van der Waals surface area contributed by atoms with E-state index in [-0.39, 0.29) is 23.3 Å². The minimum atomic E-state index is -0.203. The number of nitrogens with two attached hydrogens (primary N) is 1. The summed E-state index contributed by atoms with van der Waals surface area (Å²) < 4.78 is 0. The molecule has 0 aromatic rings. The van der Waals surface area contributed by atoms with Gasteiger partial charge in [-0.25, -0.2) is 0 Å². The van der Waals surface area contributed by atoms with Crippen LogP contribution in [0.4, 0.5) is 0 Å². The van der Waals surface area contributed by atoms with Crippen molar-refractivity contribution in [2.24, 2.45) is 11.7 Å². The molecule has 0 spiro atoms. The van der Waals surface area contributed by atoms with Crippen LogP contribution in [0.25, 0.3) is 0 Å². The molecule has 0 aromatic carbocycles. The standard InChI is InChI=1S/C12H21N3O2/c13-8-12(4-1-2-5-12)15-11(17)9-3-6-14-10(16)7-9/h9H,1-8,13H2,(H,14,16)(H,15,17). The van der Waals surface area contributed by atoms with Crippen LogP contribution < -0.4 is 16.4 Å². The number of hydrogen-bond donors (Lipinski definition) is 3. The van der Waals surface area contributed by atoms with E-state index in [2.05, 4.69) is 10.6 Å². The minimum absolute atomic E-state index is 0.00667. The van der Waals surface area contributed by atoms with Gasteiger partial charge in [-0.2, -0.15) is 0 Å². The number of piperidine rings is 1. The summed E-state index contributed by atoms with van der Waals surface area (Å²) in [4.78, 5) is 23.4. The first-order valence-electron chi connectivity index (χ1n) is 6.44. The second-order valence-electron chi connectivity index (χ2n) is 5.22. The van der Waals surface area contributed by atoms with Crippen LogP contribution in [0.5, 0.6) is 0 Å². The van der Waals surface area contributed by atoms with E-state index in [4.69, 9.17) is 5.73 Å². The second-order valence-corrected chi connectivity index (χ2v) is 5.22. The molecular formula is C12H21N3O2. The highest BCUT2D eigenvalue weighted by Crippen LogP contribution is 2.29. The van der Waals surface area contributed by atoms with Gasteiger partial charge in [-0.15, -0.1) is 0 Å². The van der Waals surface area contributed by atoms with E-state index in [0.717, 1.165) is 32.1 Å². The molecule has 0 bridgehead atoms. The van der Waals surface area contributed by atoms with E-state index in [9.17, 15) is 9.59 Å². The van der Waals surface area contributed by atoms with Crippen molar-refractivity contribution in [2.45, 2.75) is 44.1 Å². The van der Waals surface area contributed by atoms with Gasteiger partial charge in [0.15, 0.2) is 0 Å². The maximum Gasteiger partial charge on any atom is 0.224 e. The zero-order chi connectivity index (χ0) is 12.3. The molecule has 4 N–H and O–H groups in total. The molecule has 1 heterocycles. The molecule has 2 aliphatic rings. The number of amides is 2. The van der Waals surface area contributed by atoms with E-state index in [1.807, 2.05) is 0 Å². The largest absolute Gasteiger partial charge is 0.356 e. The predicted octanol–water partition coefficient (Wildman–Crippen LogP) is -0.0997. The maximum absolute atomic E-state index is 12.1. The Labute approximate surface area is 102 Å². The van der Waals surface area contributed by atoms with E-state index < -0.39 is 0 Å². The van der Waals surface area contributed by atoms with E-state index in [1.165, 1.54) is 0 Å². The Bertz CT molecular complexity index is 311. The topological polar surface area (TPSA) is 84.2 Å². The molecule has 0 aromatic heterocycles. The van der Waals surface area contributed by atoms with Gasteiger partial charge < -0.3 is 16.4 Å². The zero-order valence-electron chi connectivity index (χ0n) is 10.1. The molecule has 1 atom stereocenters. The van der Waals surface area contributed by atoms with Crippen LogP contribution in [0.3, 0.4) is 0 Å². The normalized spacial score (nSPS) is 27.6. The highest BCUT2D eigenvalue weighted by Gasteiger charge is 2.36. The fourth-order valence-corrected chi connectivity index (χ4v) is 2.80. The van der Waals surface area contributed by atoms with Gasteiger partial charge in [-0.1, -0.05) is 12.8 Å². The molecule has 1 saturated heterocycles. The maximum atomic E-state index is 12.1. The molecule has 5 heteroatoms. The van der Waals surface area contributed by atoms with Crippen LogP contribution in [-0.2, 0) is 9.59 Å². The minimum Gasteiger partial charge on any atom is -0.356 e. The quantitative estimate of drug-likeness (QED) is 0.643. The number of carbonyl (C=O) groups is 2. The molecule has 96 valence electrons. The van der Waals surface area contributed by atoms with Crippen molar-refractivity contribution in [1.29, 1.82) is 0 Å². The Kier molecular flexibility index (Phi) is 3.66. The Hall–Kier alpha value is -1.10. The lowest BCUT2D eigenvalue weighted by Crippen LogP contribution is -2.54.